The zero-order valence-electron chi connectivity index (χ0n) is 18.4. The molecule has 2 heterocycles. The Morgan fingerprint density at radius 3 is 2.43 bits per heavy atom. The summed E-state index contributed by atoms with van der Waals surface area (Å²) in [4.78, 5) is 17.0. The highest BCUT2D eigenvalue weighted by atomic mass is 35.5. The van der Waals surface area contributed by atoms with Crippen molar-refractivity contribution in [2.45, 2.75) is 0 Å². The van der Waals surface area contributed by atoms with Crippen molar-refractivity contribution in [1.29, 1.82) is 0 Å². The summed E-state index contributed by atoms with van der Waals surface area (Å²) in [5.41, 5.74) is 3.68. The number of carbonyl (C=O) groups is 1. The number of benzene rings is 3. The second kappa shape index (κ2) is 9.61. The molecule has 35 heavy (non-hydrogen) atoms. The monoisotopic (exact) mass is 503 g/mol. The van der Waals surface area contributed by atoms with Crippen molar-refractivity contribution in [2.24, 2.45) is 0 Å². The van der Waals surface area contributed by atoms with Crippen molar-refractivity contribution in [3.8, 4) is 28.5 Å². The fraction of sp³-hybridized carbons (Fsp3) is 0.0385. The number of hydrogen-bond acceptors (Lipinski definition) is 6. The molecule has 0 fully saturated rings. The Kier molecular flexibility index (Phi) is 6.22. The molecule has 0 saturated carbocycles. The molecule has 0 saturated heterocycles. The molecule has 5 aromatic rings. The molecule has 0 aliphatic heterocycles. The Labute approximate surface area is 210 Å². The summed E-state index contributed by atoms with van der Waals surface area (Å²) in [5, 5.41) is 6.36. The average Bonchev–Trinajstić information content (AvgIpc) is 3.52. The number of anilines is 1. The number of rotatable bonds is 5. The van der Waals surface area contributed by atoms with E-state index in [4.69, 9.17) is 37.4 Å². The van der Waals surface area contributed by atoms with E-state index in [-0.39, 0.29) is 10.9 Å². The number of oxazole rings is 1. The van der Waals surface area contributed by atoms with Crippen LogP contribution >= 0.6 is 23.8 Å². The maximum atomic E-state index is 12.5. The van der Waals surface area contributed by atoms with Gasteiger partial charge in [-0.3, -0.25) is 10.1 Å². The van der Waals surface area contributed by atoms with Crippen LogP contribution in [0, 0.1) is 0 Å². The van der Waals surface area contributed by atoms with E-state index in [2.05, 4.69) is 15.6 Å². The fourth-order valence-corrected chi connectivity index (χ4v) is 3.75. The van der Waals surface area contributed by atoms with Crippen molar-refractivity contribution in [2.75, 3.05) is 12.4 Å². The van der Waals surface area contributed by atoms with Gasteiger partial charge < -0.3 is 18.9 Å². The Bertz CT molecular complexity index is 1520. The van der Waals surface area contributed by atoms with Crippen LogP contribution in [0.3, 0.4) is 0 Å². The van der Waals surface area contributed by atoms with Crippen molar-refractivity contribution in [3.63, 3.8) is 0 Å². The maximum absolute atomic E-state index is 12.5. The molecule has 0 unspecified atom stereocenters. The van der Waals surface area contributed by atoms with Crippen molar-refractivity contribution in [3.05, 3.63) is 89.6 Å². The summed E-state index contributed by atoms with van der Waals surface area (Å²) in [6.45, 7) is 0. The van der Waals surface area contributed by atoms with E-state index in [9.17, 15) is 4.79 Å². The zero-order chi connectivity index (χ0) is 24.4. The lowest BCUT2D eigenvalue weighted by atomic mass is 10.2. The molecule has 2 N–H and O–H groups in total. The number of methoxy groups -OCH3 is 1. The molecule has 0 aliphatic rings. The minimum Gasteiger partial charge on any atom is -0.497 e. The van der Waals surface area contributed by atoms with Gasteiger partial charge in [-0.1, -0.05) is 11.6 Å². The highest BCUT2D eigenvalue weighted by molar-refractivity contribution is 7.80. The number of nitrogens with zero attached hydrogens (tertiary/aromatic N) is 1. The number of halogens is 1. The number of fused-ring (bicyclic) bond motifs is 1. The number of nitrogens with one attached hydrogen (secondary N) is 2. The van der Waals surface area contributed by atoms with Gasteiger partial charge in [0.05, 0.1) is 7.11 Å². The van der Waals surface area contributed by atoms with E-state index in [1.807, 2.05) is 54.6 Å². The summed E-state index contributed by atoms with van der Waals surface area (Å²) in [7, 11) is 1.61. The molecule has 0 radical (unpaired) electrons. The molecule has 1 amide bonds. The first-order valence-corrected chi connectivity index (χ1v) is 11.3. The highest BCUT2D eigenvalue weighted by Gasteiger charge is 2.14. The topological polar surface area (TPSA) is 89.5 Å². The second-order valence-corrected chi connectivity index (χ2v) is 8.35. The third-order valence-corrected chi connectivity index (χ3v) is 5.63. The Balaban J connectivity index is 1.22. The molecule has 0 bridgehead atoms. The minimum atomic E-state index is -0.457. The molecule has 3 aromatic carbocycles. The third-order valence-electron chi connectivity index (χ3n) is 5.17. The number of thiocarbonyl (C=S) groups is 1. The van der Waals surface area contributed by atoms with Gasteiger partial charge in [0.15, 0.2) is 16.5 Å². The number of furan rings is 1. The van der Waals surface area contributed by atoms with Crippen LogP contribution in [0.15, 0.2) is 87.7 Å². The predicted molar refractivity (Wildman–Crippen MR) is 139 cm³/mol. The van der Waals surface area contributed by atoms with Crippen LogP contribution in [0.2, 0.25) is 5.02 Å². The van der Waals surface area contributed by atoms with Gasteiger partial charge in [-0.25, -0.2) is 4.98 Å². The summed E-state index contributed by atoms with van der Waals surface area (Å²) in [6, 6.07) is 23.2. The van der Waals surface area contributed by atoms with Crippen LogP contribution in [0.25, 0.3) is 33.9 Å². The normalized spacial score (nSPS) is 10.8. The zero-order valence-corrected chi connectivity index (χ0v) is 19.9. The van der Waals surface area contributed by atoms with Gasteiger partial charge in [0.25, 0.3) is 5.91 Å². The van der Waals surface area contributed by atoms with Crippen LogP contribution in [0.5, 0.6) is 5.75 Å². The van der Waals surface area contributed by atoms with E-state index >= 15 is 0 Å². The Morgan fingerprint density at radius 1 is 0.943 bits per heavy atom. The van der Waals surface area contributed by atoms with Crippen LogP contribution in [0.1, 0.15) is 10.6 Å². The second-order valence-electron chi connectivity index (χ2n) is 7.51. The lowest BCUT2D eigenvalue weighted by Crippen LogP contribution is -2.33. The Morgan fingerprint density at radius 2 is 1.69 bits per heavy atom. The predicted octanol–water partition coefficient (Wildman–Crippen LogP) is 6.54. The molecular weight excluding hydrogens is 486 g/mol. The first-order valence-electron chi connectivity index (χ1n) is 10.5. The summed E-state index contributed by atoms with van der Waals surface area (Å²) in [6.07, 6.45) is 0. The fourth-order valence-electron chi connectivity index (χ4n) is 3.41. The van der Waals surface area contributed by atoms with Crippen molar-refractivity contribution >= 4 is 51.6 Å². The average molecular weight is 504 g/mol. The Hall–Kier alpha value is -4.14. The summed E-state index contributed by atoms with van der Waals surface area (Å²) >= 11 is 11.2. The molecule has 5 rings (SSSR count). The summed E-state index contributed by atoms with van der Waals surface area (Å²) < 4.78 is 16.7. The van der Waals surface area contributed by atoms with Crippen LogP contribution < -0.4 is 15.4 Å². The molecule has 2 aromatic heterocycles. The van der Waals surface area contributed by atoms with Crippen molar-refractivity contribution < 1.29 is 18.4 Å². The van der Waals surface area contributed by atoms with Gasteiger partial charge in [0.1, 0.15) is 17.0 Å². The highest BCUT2D eigenvalue weighted by Crippen LogP contribution is 2.28. The number of hydrogen-bond donors (Lipinski definition) is 2. The molecule has 7 nitrogen and oxygen atoms in total. The SMILES string of the molecule is COc1ccc2oc(-c3ccc(NC(=S)NC(=O)c4ccc(-c5ccc(Cl)cc5)o4)cc3)nc2c1. The quantitative estimate of drug-likeness (QED) is 0.263. The number of aromatic nitrogens is 1. The van der Waals surface area contributed by atoms with E-state index in [0.29, 0.717) is 39.2 Å². The van der Waals surface area contributed by atoms with Gasteiger partial charge >= 0.3 is 0 Å². The minimum absolute atomic E-state index is 0.140. The molecule has 0 aliphatic carbocycles. The van der Waals surface area contributed by atoms with Crippen molar-refractivity contribution in [1.82, 2.24) is 10.3 Å². The van der Waals surface area contributed by atoms with Crippen LogP contribution in [0.4, 0.5) is 5.69 Å². The number of amides is 1. The maximum Gasteiger partial charge on any atom is 0.293 e. The van der Waals surface area contributed by atoms with Crippen LogP contribution in [-0.2, 0) is 0 Å². The first kappa shape index (κ1) is 22.6. The first-order chi connectivity index (χ1) is 17.0. The standard InChI is InChI=1S/C26H18ClN3O4S/c1-32-19-10-11-22-20(14-19)29-25(34-22)16-4-8-18(9-5-16)28-26(35)30-24(31)23-13-12-21(33-23)15-2-6-17(27)7-3-15/h2-14H,1H3,(H2,28,30,31,35). The molecule has 0 atom stereocenters. The molecule has 0 spiro atoms. The molecule has 9 heteroatoms. The number of ether oxygens (including phenoxy) is 1. The lowest BCUT2D eigenvalue weighted by Gasteiger charge is -2.09. The smallest absolute Gasteiger partial charge is 0.293 e. The van der Waals surface area contributed by atoms with Gasteiger partial charge in [-0.2, -0.15) is 0 Å². The van der Waals surface area contributed by atoms with Gasteiger partial charge in [-0.05, 0) is 85.0 Å². The molecular formula is C26H18ClN3O4S. The lowest BCUT2D eigenvalue weighted by molar-refractivity contribution is 0.0951. The molecule has 174 valence electrons. The van der Waals surface area contributed by atoms with E-state index in [1.54, 1.807) is 31.4 Å². The van der Waals surface area contributed by atoms with E-state index < -0.39 is 5.91 Å². The largest absolute Gasteiger partial charge is 0.497 e. The van der Waals surface area contributed by atoms with Gasteiger partial charge in [0.2, 0.25) is 5.89 Å². The number of carbonyl (C=O) groups excluding carboxylic acids is 1. The third kappa shape index (κ3) is 5.03. The van der Waals surface area contributed by atoms with Gasteiger partial charge in [0, 0.05) is 27.9 Å². The van der Waals surface area contributed by atoms with Crippen LogP contribution in [-0.4, -0.2) is 23.1 Å². The van der Waals surface area contributed by atoms with Gasteiger partial charge in [-0.15, -0.1) is 0 Å². The summed E-state index contributed by atoms with van der Waals surface area (Å²) in [5.74, 6) is 1.44. The van der Waals surface area contributed by atoms with E-state index in [1.165, 1.54) is 0 Å². The van der Waals surface area contributed by atoms with E-state index in [0.717, 1.165) is 11.1 Å².